The fraction of sp³-hybridized carbons (Fsp3) is 0.273. The highest BCUT2D eigenvalue weighted by Gasteiger charge is 2.31. The maximum atomic E-state index is 6.14. The number of pyridine rings is 1. The Labute approximate surface area is 178 Å². The maximum absolute atomic E-state index is 6.14. The summed E-state index contributed by atoms with van der Waals surface area (Å²) >= 11 is 0. The number of hydrogen-bond acceptors (Lipinski definition) is 8. The van der Waals surface area contributed by atoms with Crippen molar-refractivity contribution in [1.82, 2.24) is 24.5 Å². The number of nitrogens with two attached hydrogens (primary N) is 1. The van der Waals surface area contributed by atoms with Crippen molar-refractivity contribution in [2.45, 2.75) is 18.9 Å². The van der Waals surface area contributed by atoms with Crippen LogP contribution in [0.4, 0.5) is 5.95 Å². The minimum Gasteiger partial charge on any atom is -0.493 e. The standard InChI is InChI=1S/C22H22N6O3/c1-29-15-10-13(11-16(30-2)19(15)31-3)17-18-21(27-22(23)26-17)28(14-4-5-14)20(25-18)12-6-8-24-9-7-12/h6-11,14H,4-5H2,1-3H3,(H2,23,26,27). The predicted octanol–water partition coefficient (Wildman–Crippen LogP) is 3.50. The van der Waals surface area contributed by atoms with Crippen LogP contribution in [0.25, 0.3) is 33.8 Å². The lowest BCUT2D eigenvalue weighted by atomic mass is 10.1. The van der Waals surface area contributed by atoms with E-state index in [0.29, 0.717) is 40.1 Å². The van der Waals surface area contributed by atoms with Gasteiger partial charge in [0.05, 0.1) is 21.3 Å². The molecule has 0 atom stereocenters. The largest absolute Gasteiger partial charge is 0.493 e. The second-order valence-corrected chi connectivity index (χ2v) is 7.29. The normalized spacial score (nSPS) is 13.4. The van der Waals surface area contributed by atoms with E-state index in [1.165, 1.54) is 0 Å². The highest BCUT2D eigenvalue weighted by Crippen LogP contribution is 2.44. The Morgan fingerprint density at radius 1 is 0.903 bits per heavy atom. The van der Waals surface area contributed by atoms with Gasteiger partial charge in [-0.25, -0.2) is 9.97 Å². The van der Waals surface area contributed by atoms with E-state index in [4.69, 9.17) is 24.9 Å². The SMILES string of the molecule is COc1cc(-c2nc(N)nc3c2nc(-c2ccncc2)n3C2CC2)cc(OC)c1OC. The Kier molecular flexibility index (Phi) is 4.58. The summed E-state index contributed by atoms with van der Waals surface area (Å²) in [5, 5.41) is 0. The van der Waals surface area contributed by atoms with Crippen LogP contribution >= 0.6 is 0 Å². The molecule has 31 heavy (non-hydrogen) atoms. The molecular formula is C22H22N6O3. The van der Waals surface area contributed by atoms with Crippen LogP contribution in [0, 0.1) is 0 Å². The molecule has 0 saturated heterocycles. The van der Waals surface area contributed by atoms with Crippen molar-refractivity contribution in [1.29, 1.82) is 0 Å². The molecule has 1 aliphatic rings. The minimum atomic E-state index is 0.180. The van der Waals surface area contributed by atoms with Crippen molar-refractivity contribution in [3.63, 3.8) is 0 Å². The molecule has 0 aliphatic heterocycles. The first-order valence-corrected chi connectivity index (χ1v) is 9.90. The molecule has 1 saturated carbocycles. The van der Waals surface area contributed by atoms with Crippen LogP contribution in [-0.4, -0.2) is 45.8 Å². The number of nitrogen functional groups attached to an aromatic ring is 1. The van der Waals surface area contributed by atoms with Crippen LogP contribution < -0.4 is 19.9 Å². The summed E-state index contributed by atoms with van der Waals surface area (Å²) in [4.78, 5) is 18.2. The Bertz CT molecular complexity index is 1240. The lowest BCUT2D eigenvalue weighted by molar-refractivity contribution is 0.324. The molecule has 1 aliphatic carbocycles. The lowest BCUT2D eigenvalue weighted by Crippen LogP contribution is -2.03. The van der Waals surface area contributed by atoms with Crippen LogP contribution in [0.1, 0.15) is 18.9 Å². The van der Waals surface area contributed by atoms with Gasteiger partial charge in [0.2, 0.25) is 11.7 Å². The molecule has 3 aromatic heterocycles. The molecule has 0 amide bonds. The average molecular weight is 418 g/mol. The van der Waals surface area contributed by atoms with Crippen LogP contribution in [0.2, 0.25) is 0 Å². The summed E-state index contributed by atoms with van der Waals surface area (Å²) in [6, 6.07) is 7.90. The summed E-state index contributed by atoms with van der Waals surface area (Å²) in [5.74, 6) is 2.57. The predicted molar refractivity (Wildman–Crippen MR) is 116 cm³/mol. The minimum absolute atomic E-state index is 0.180. The Hall–Kier alpha value is -3.88. The molecule has 5 rings (SSSR count). The van der Waals surface area contributed by atoms with Crippen LogP contribution in [-0.2, 0) is 0 Å². The molecule has 0 spiro atoms. The van der Waals surface area contributed by atoms with Crippen LogP contribution in [0.5, 0.6) is 17.2 Å². The number of anilines is 1. The van der Waals surface area contributed by atoms with E-state index in [-0.39, 0.29) is 5.95 Å². The lowest BCUT2D eigenvalue weighted by Gasteiger charge is -2.14. The van der Waals surface area contributed by atoms with E-state index in [0.717, 1.165) is 29.8 Å². The number of fused-ring (bicyclic) bond motifs is 1. The number of hydrogen-bond donors (Lipinski definition) is 1. The summed E-state index contributed by atoms with van der Waals surface area (Å²) in [6.07, 6.45) is 5.66. The molecule has 0 unspecified atom stereocenters. The van der Waals surface area contributed by atoms with Crippen LogP contribution in [0.3, 0.4) is 0 Å². The second kappa shape index (κ2) is 7.42. The first-order valence-electron chi connectivity index (χ1n) is 9.90. The van der Waals surface area contributed by atoms with E-state index in [2.05, 4.69) is 19.5 Å². The van der Waals surface area contributed by atoms with Gasteiger partial charge in [-0.1, -0.05) is 0 Å². The fourth-order valence-electron chi connectivity index (χ4n) is 3.79. The van der Waals surface area contributed by atoms with E-state index in [9.17, 15) is 0 Å². The van der Waals surface area contributed by atoms with Gasteiger partial charge in [0.15, 0.2) is 17.1 Å². The number of nitrogens with zero attached hydrogens (tertiary/aromatic N) is 5. The molecule has 2 N–H and O–H groups in total. The van der Waals surface area contributed by atoms with Gasteiger partial charge >= 0.3 is 0 Å². The van der Waals surface area contributed by atoms with Crippen molar-refractivity contribution >= 4 is 17.1 Å². The Morgan fingerprint density at radius 2 is 1.58 bits per heavy atom. The molecule has 4 aromatic rings. The summed E-state index contributed by atoms with van der Waals surface area (Å²) in [7, 11) is 4.72. The Morgan fingerprint density at radius 3 is 2.16 bits per heavy atom. The quantitative estimate of drug-likeness (QED) is 0.507. The zero-order valence-electron chi connectivity index (χ0n) is 17.5. The third-order valence-electron chi connectivity index (χ3n) is 5.35. The zero-order valence-corrected chi connectivity index (χ0v) is 17.5. The molecule has 9 heteroatoms. The average Bonchev–Trinajstić information content (AvgIpc) is 3.57. The van der Waals surface area contributed by atoms with Crippen molar-refractivity contribution in [3.05, 3.63) is 36.7 Å². The number of ether oxygens (including phenoxy) is 3. The second-order valence-electron chi connectivity index (χ2n) is 7.29. The summed E-state index contributed by atoms with van der Waals surface area (Å²) in [5.41, 5.74) is 9.84. The molecule has 3 heterocycles. The number of imidazole rings is 1. The van der Waals surface area contributed by atoms with Gasteiger partial charge in [-0.2, -0.15) is 4.98 Å². The highest BCUT2D eigenvalue weighted by molar-refractivity contribution is 5.92. The van der Waals surface area contributed by atoms with E-state index >= 15 is 0 Å². The third-order valence-corrected chi connectivity index (χ3v) is 5.35. The first-order chi connectivity index (χ1) is 15.1. The number of aromatic nitrogens is 5. The molecule has 1 aromatic carbocycles. The maximum Gasteiger partial charge on any atom is 0.222 e. The van der Waals surface area contributed by atoms with Gasteiger partial charge in [0, 0.05) is 29.6 Å². The molecule has 0 bridgehead atoms. The summed E-state index contributed by atoms with van der Waals surface area (Å²) in [6.45, 7) is 0. The van der Waals surface area contributed by atoms with Crippen molar-refractivity contribution in [2.24, 2.45) is 0 Å². The third kappa shape index (κ3) is 3.18. The fourth-order valence-corrected chi connectivity index (χ4v) is 3.79. The molecule has 0 radical (unpaired) electrons. The van der Waals surface area contributed by atoms with Gasteiger partial charge in [0.1, 0.15) is 17.0 Å². The zero-order chi connectivity index (χ0) is 21.5. The first kappa shape index (κ1) is 19.1. The highest BCUT2D eigenvalue weighted by atomic mass is 16.5. The topological polar surface area (TPSA) is 110 Å². The smallest absolute Gasteiger partial charge is 0.222 e. The van der Waals surface area contributed by atoms with Crippen molar-refractivity contribution in [2.75, 3.05) is 27.1 Å². The van der Waals surface area contributed by atoms with Gasteiger partial charge in [-0.15, -0.1) is 0 Å². The van der Waals surface area contributed by atoms with Gasteiger partial charge in [0.25, 0.3) is 0 Å². The van der Waals surface area contributed by atoms with E-state index < -0.39 is 0 Å². The monoisotopic (exact) mass is 418 g/mol. The molecule has 158 valence electrons. The Balaban J connectivity index is 1.80. The van der Waals surface area contributed by atoms with Gasteiger partial charge < -0.3 is 24.5 Å². The molecular weight excluding hydrogens is 396 g/mol. The van der Waals surface area contributed by atoms with Gasteiger partial charge in [-0.3, -0.25) is 4.98 Å². The van der Waals surface area contributed by atoms with Crippen molar-refractivity contribution in [3.8, 4) is 39.9 Å². The number of methoxy groups -OCH3 is 3. The van der Waals surface area contributed by atoms with E-state index in [1.807, 2.05) is 24.3 Å². The van der Waals surface area contributed by atoms with E-state index in [1.54, 1.807) is 33.7 Å². The number of rotatable bonds is 6. The summed E-state index contributed by atoms with van der Waals surface area (Å²) < 4.78 is 18.6. The van der Waals surface area contributed by atoms with Gasteiger partial charge in [-0.05, 0) is 37.1 Å². The van der Waals surface area contributed by atoms with Crippen molar-refractivity contribution < 1.29 is 14.2 Å². The molecule has 9 nitrogen and oxygen atoms in total. The molecule has 1 fully saturated rings. The van der Waals surface area contributed by atoms with Crippen LogP contribution in [0.15, 0.2) is 36.7 Å². The number of benzene rings is 1.